The molecule has 0 spiro atoms. The minimum atomic E-state index is -0.396. The summed E-state index contributed by atoms with van der Waals surface area (Å²) >= 11 is 0. The fourth-order valence-corrected chi connectivity index (χ4v) is 2.46. The molecule has 0 aliphatic carbocycles. The molecule has 1 heterocycles. The van der Waals surface area contributed by atoms with Gasteiger partial charge in [0.2, 0.25) is 0 Å². The first kappa shape index (κ1) is 15.7. The summed E-state index contributed by atoms with van der Waals surface area (Å²) < 4.78 is 10.9. The summed E-state index contributed by atoms with van der Waals surface area (Å²) in [7, 11) is 0. The van der Waals surface area contributed by atoms with E-state index in [2.05, 4.69) is 0 Å². The van der Waals surface area contributed by atoms with Gasteiger partial charge in [0.25, 0.3) is 0 Å². The van der Waals surface area contributed by atoms with E-state index in [1.54, 1.807) is 17.0 Å². The lowest BCUT2D eigenvalue weighted by atomic mass is 10.2. The average Bonchev–Trinajstić information content (AvgIpc) is 2.48. The van der Waals surface area contributed by atoms with E-state index in [4.69, 9.17) is 9.47 Å². The lowest BCUT2D eigenvalue weighted by Gasteiger charge is -2.23. The van der Waals surface area contributed by atoms with Crippen molar-refractivity contribution in [2.45, 2.75) is 19.8 Å². The van der Waals surface area contributed by atoms with Crippen LogP contribution in [0.5, 0.6) is 5.75 Å². The Balaban J connectivity index is 1.73. The molecule has 1 aliphatic rings. The number of rotatable bonds is 7. The molecule has 1 aromatic rings. The summed E-state index contributed by atoms with van der Waals surface area (Å²) in [5, 5.41) is 10.9. The molecule has 0 saturated carbocycles. The molecule has 1 saturated heterocycles. The van der Waals surface area contributed by atoms with Crippen LogP contribution in [0.3, 0.4) is 0 Å². The van der Waals surface area contributed by atoms with Gasteiger partial charge < -0.3 is 14.4 Å². The number of nitro groups is 1. The van der Waals surface area contributed by atoms with Gasteiger partial charge in [-0.2, -0.15) is 0 Å². The maximum Gasteiger partial charge on any atom is 0.310 e. The molecule has 0 atom stereocenters. The molecule has 21 heavy (non-hydrogen) atoms. The van der Waals surface area contributed by atoms with Crippen molar-refractivity contribution < 1.29 is 19.3 Å². The number of morpholine rings is 1. The number of nitro benzene ring substituents is 1. The third-order valence-corrected chi connectivity index (χ3v) is 3.69. The van der Waals surface area contributed by atoms with Gasteiger partial charge in [-0.1, -0.05) is 6.07 Å². The fraction of sp³-hybridized carbons (Fsp3) is 0.600. The highest BCUT2D eigenvalue weighted by molar-refractivity contribution is 5.48. The van der Waals surface area contributed by atoms with Crippen LogP contribution in [0.15, 0.2) is 18.2 Å². The third-order valence-electron chi connectivity index (χ3n) is 3.69. The van der Waals surface area contributed by atoms with Gasteiger partial charge in [-0.25, -0.2) is 0 Å². The van der Waals surface area contributed by atoms with Crippen molar-refractivity contribution in [2.75, 3.05) is 39.5 Å². The van der Waals surface area contributed by atoms with E-state index in [1.807, 2.05) is 6.92 Å². The number of unbranched alkanes of at least 4 members (excludes halogenated alkanes) is 1. The van der Waals surface area contributed by atoms with E-state index in [0.717, 1.165) is 51.3 Å². The predicted molar refractivity (Wildman–Crippen MR) is 78.9 cm³/mol. The molecule has 0 unspecified atom stereocenters. The van der Waals surface area contributed by atoms with Crippen LogP contribution in [0.4, 0.5) is 5.69 Å². The molecule has 0 aromatic heterocycles. The topological polar surface area (TPSA) is 66.0 Å². The van der Waals surface area contributed by atoms with Crippen molar-refractivity contribution in [3.05, 3.63) is 33.9 Å². The number of nitrogens with zero attached hydrogens (tertiary/aromatic N) is 1. The Morgan fingerprint density at radius 3 is 2.81 bits per heavy atom. The smallest absolute Gasteiger partial charge is 0.310 e. The van der Waals surface area contributed by atoms with Gasteiger partial charge >= 0.3 is 5.69 Å². The second kappa shape index (κ2) is 7.95. The number of hydrogen-bond donors (Lipinski definition) is 1. The number of hydrogen-bond acceptors (Lipinski definition) is 4. The Morgan fingerprint density at radius 1 is 1.33 bits per heavy atom. The molecule has 0 bridgehead atoms. The molecular weight excluding hydrogens is 272 g/mol. The van der Waals surface area contributed by atoms with E-state index in [0.29, 0.717) is 12.4 Å². The van der Waals surface area contributed by atoms with Crippen molar-refractivity contribution >= 4 is 5.69 Å². The van der Waals surface area contributed by atoms with Crippen LogP contribution in [0.1, 0.15) is 18.4 Å². The van der Waals surface area contributed by atoms with Crippen LogP contribution in [-0.2, 0) is 4.74 Å². The second-order valence-corrected chi connectivity index (χ2v) is 5.40. The zero-order valence-corrected chi connectivity index (χ0v) is 12.5. The first-order valence-electron chi connectivity index (χ1n) is 7.46. The first-order valence-corrected chi connectivity index (χ1v) is 7.46. The number of nitrogens with one attached hydrogen (secondary N) is 1. The maximum absolute atomic E-state index is 10.9. The molecule has 0 amide bonds. The van der Waals surface area contributed by atoms with Gasteiger partial charge in [-0.3, -0.25) is 10.1 Å². The van der Waals surface area contributed by atoms with Crippen molar-refractivity contribution in [1.82, 2.24) is 0 Å². The predicted octanol–water partition coefficient (Wildman–Crippen LogP) is 0.977. The first-order chi connectivity index (χ1) is 10.2. The third kappa shape index (κ3) is 4.99. The van der Waals surface area contributed by atoms with E-state index in [9.17, 15) is 10.1 Å². The quantitative estimate of drug-likeness (QED) is 0.462. The number of quaternary nitrogens is 1. The molecule has 6 heteroatoms. The lowest BCUT2D eigenvalue weighted by Crippen LogP contribution is -3.14. The van der Waals surface area contributed by atoms with Crippen LogP contribution in [-0.4, -0.2) is 44.4 Å². The Bertz CT molecular complexity index is 473. The molecule has 1 fully saturated rings. The van der Waals surface area contributed by atoms with E-state index in [1.165, 1.54) is 6.07 Å². The van der Waals surface area contributed by atoms with Gasteiger partial charge in [-0.05, 0) is 31.4 Å². The molecule has 2 rings (SSSR count). The highest BCUT2D eigenvalue weighted by Crippen LogP contribution is 2.27. The van der Waals surface area contributed by atoms with Crippen LogP contribution in [0, 0.1) is 17.0 Å². The van der Waals surface area contributed by atoms with Crippen molar-refractivity contribution in [3.8, 4) is 5.75 Å². The van der Waals surface area contributed by atoms with Gasteiger partial charge in [0.05, 0.1) is 31.3 Å². The minimum absolute atomic E-state index is 0.0411. The molecule has 116 valence electrons. The van der Waals surface area contributed by atoms with Crippen molar-refractivity contribution in [3.63, 3.8) is 0 Å². The van der Waals surface area contributed by atoms with Crippen LogP contribution < -0.4 is 9.64 Å². The molecular formula is C15H23N2O4+. The standard InChI is InChI=1S/C15H22N2O4/c1-13-4-5-14(17(18)19)15(12-13)21-9-3-2-6-16-7-10-20-11-8-16/h4-5,12H,2-3,6-11H2,1H3/p+1. The SMILES string of the molecule is Cc1ccc([N+](=O)[O-])c(OCCCC[NH+]2CCOCC2)c1. The summed E-state index contributed by atoms with van der Waals surface area (Å²) in [4.78, 5) is 12.1. The highest BCUT2D eigenvalue weighted by atomic mass is 16.6. The zero-order valence-electron chi connectivity index (χ0n) is 12.5. The normalized spacial score (nSPS) is 15.9. The molecule has 1 aromatic carbocycles. The summed E-state index contributed by atoms with van der Waals surface area (Å²) in [6, 6.07) is 4.96. The monoisotopic (exact) mass is 295 g/mol. The summed E-state index contributed by atoms with van der Waals surface area (Å²) in [5.74, 6) is 0.374. The lowest BCUT2D eigenvalue weighted by molar-refractivity contribution is -0.908. The number of aryl methyl sites for hydroxylation is 1. The zero-order chi connectivity index (χ0) is 15.1. The fourth-order valence-electron chi connectivity index (χ4n) is 2.46. The Morgan fingerprint density at radius 2 is 2.10 bits per heavy atom. The molecule has 1 aliphatic heterocycles. The maximum atomic E-state index is 10.9. The highest BCUT2D eigenvalue weighted by Gasteiger charge is 2.15. The second-order valence-electron chi connectivity index (χ2n) is 5.40. The summed E-state index contributed by atoms with van der Waals surface area (Å²) in [6.45, 7) is 7.38. The molecule has 0 radical (unpaired) electrons. The van der Waals surface area contributed by atoms with Gasteiger partial charge in [0, 0.05) is 6.07 Å². The van der Waals surface area contributed by atoms with Crippen LogP contribution in [0.2, 0.25) is 0 Å². The largest absolute Gasteiger partial charge is 0.487 e. The average molecular weight is 295 g/mol. The van der Waals surface area contributed by atoms with Crippen molar-refractivity contribution in [2.24, 2.45) is 0 Å². The Labute approximate surface area is 124 Å². The van der Waals surface area contributed by atoms with E-state index < -0.39 is 4.92 Å². The van der Waals surface area contributed by atoms with Crippen LogP contribution >= 0.6 is 0 Å². The Hall–Kier alpha value is -1.66. The van der Waals surface area contributed by atoms with Gasteiger partial charge in [-0.15, -0.1) is 0 Å². The van der Waals surface area contributed by atoms with Crippen molar-refractivity contribution in [1.29, 1.82) is 0 Å². The number of benzene rings is 1. The molecule has 1 N–H and O–H groups in total. The molecule has 6 nitrogen and oxygen atoms in total. The van der Waals surface area contributed by atoms with E-state index in [-0.39, 0.29) is 5.69 Å². The summed E-state index contributed by atoms with van der Waals surface area (Å²) in [5.41, 5.74) is 1.01. The summed E-state index contributed by atoms with van der Waals surface area (Å²) in [6.07, 6.45) is 1.98. The van der Waals surface area contributed by atoms with E-state index >= 15 is 0 Å². The van der Waals surface area contributed by atoms with Gasteiger partial charge in [0.15, 0.2) is 5.75 Å². The van der Waals surface area contributed by atoms with Crippen LogP contribution in [0.25, 0.3) is 0 Å². The Kier molecular flexibility index (Phi) is 5.95. The minimum Gasteiger partial charge on any atom is -0.487 e. The number of ether oxygens (including phenoxy) is 2. The van der Waals surface area contributed by atoms with Gasteiger partial charge in [0.1, 0.15) is 13.1 Å².